The Morgan fingerprint density at radius 3 is 2.80 bits per heavy atom. The van der Waals surface area contributed by atoms with Gasteiger partial charge in [-0.05, 0) is 6.42 Å². The first-order valence-corrected chi connectivity index (χ1v) is 4.04. The topological polar surface area (TPSA) is 20.3 Å². The van der Waals surface area contributed by atoms with Gasteiger partial charge in [0.1, 0.15) is 0 Å². The van der Waals surface area contributed by atoms with Crippen molar-refractivity contribution in [1.29, 1.82) is 0 Å². The monoisotopic (exact) mass is 141 g/mol. The molecule has 0 radical (unpaired) electrons. The van der Waals surface area contributed by atoms with Gasteiger partial charge in [0.15, 0.2) is 0 Å². The van der Waals surface area contributed by atoms with Crippen LogP contribution >= 0.6 is 0 Å². The molecule has 1 aliphatic rings. The molecule has 0 aliphatic carbocycles. The Morgan fingerprint density at radius 2 is 2.40 bits per heavy atom. The minimum Gasteiger partial charge on any atom is -0.342 e. The van der Waals surface area contributed by atoms with E-state index < -0.39 is 0 Å². The third-order valence-corrected chi connectivity index (χ3v) is 2.01. The Hall–Kier alpha value is -0.530. The van der Waals surface area contributed by atoms with Crippen molar-refractivity contribution in [3.8, 4) is 0 Å². The summed E-state index contributed by atoms with van der Waals surface area (Å²) in [6.45, 7) is 6.09. The lowest BCUT2D eigenvalue weighted by atomic mass is 10.0. The number of carbonyl (C=O) groups is 1. The van der Waals surface area contributed by atoms with E-state index in [0.717, 1.165) is 19.5 Å². The van der Waals surface area contributed by atoms with Crippen LogP contribution in [0.1, 0.15) is 26.7 Å². The lowest BCUT2D eigenvalue weighted by Crippen LogP contribution is -2.51. The van der Waals surface area contributed by atoms with Crippen molar-refractivity contribution in [3.63, 3.8) is 0 Å². The zero-order valence-electron chi connectivity index (χ0n) is 6.76. The third-order valence-electron chi connectivity index (χ3n) is 2.01. The van der Waals surface area contributed by atoms with Gasteiger partial charge in [-0.15, -0.1) is 0 Å². The summed E-state index contributed by atoms with van der Waals surface area (Å²) >= 11 is 0. The maximum Gasteiger partial charge on any atom is 0.227 e. The molecule has 1 amide bonds. The van der Waals surface area contributed by atoms with Gasteiger partial charge in [-0.2, -0.15) is 0 Å². The second-order valence-corrected chi connectivity index (χ2v) is 3.04. The predicted molar refractivity (Wildman–Crippen MR) is 40.7 cm³/mol. The minimum atomic E-state index is 0.303. The van der Waals surface area contributed by atoms with E-state index in [4.69, 9.17) is 0 Å². The van der Waals surface area contributed by atoms with Crippen LogP contribution in [0.4, 0.5) is 0 Å². The number of rotatable bonds is 3. The number of nitrogens with zero attached hydrogens (tertiary/aromatic N) is 1. The molecule has 58 valence electrons. The molecule has 0 aromatic carbocycles. The molecule has 1 saturated heterocycles. The van der Waals surface area contributed by atoms with Gasteiger partial charge in [0.25, 0.3) is 0 Å². The number of β-lactam (4-membered cyclic amide) rings is 1. The molecule has 10 heavy (non-hydrogen) atoms. The van der Waals surface area contributed by atoms with Crippen molar-refractivity contribution in [3.05, 3.63) is 0 Å². The van der Waals surface area contributed by atoms with Crippen molar-refractivity contribution in [1.82, 2.24) is 4.90 Å². The minimum absolute atomic E-state index is 0.303. The van der Waals surface area contributed by atoms with Crippen molar-refractivity contribution >= 4 is 5.91 Å². The Bertz CT molecular complexity index is 133. The number of carbonyl (C=O) groups excluding carboxylic acids is 1. The second kappa shape index (κ2) is 3.04. The summed E-state index contributed by atoms with van der Waals surface area (Å²) in [6.07, 6.45) is 2.33. The van der Waals surface area contributed by atoms with Crippen LogP contribution < -0.4 is 0 Å². The summed E-state index contributed by atoms with van der Waals surface area (Å²) in [5.74, 6) is 0.644. The van der Waals surface area contributed by atoms with Gasteiger partial charge in [0, 0.05) is 13.1 Å². The van der Waals surface area contributed by atoms with E-state index in [1.165, 1.54) is 6.42 Å². The number of unbranched alkanes of at least 4 members (excludes halogenated alkanes) is 1. The van der Waals surface area contributed by atoms with Gasteiger partial charge in [-0.25, -0.2) is 0 Å². The molecule has 0 saturated carbocycles. The highest BCUT2D eigenvalue weighted by atomic mass is 16.2. The average Bonchev–Trinajstić information content (AvgIpc) is 1.97. The molecule has 0 aromatic heterocycles. The van der Waals surface area contributed by atoms with Crippen molar-refractivity contribution in [2.24, 2.45) is 5.92 Å². The molecule has 0 aromatic rings. The molecule has 2 nitrogen and oxygen atoms in total. The summed E-state index contributed by atoms with van der Waals surface area (Å²) in [6, 6.07) is 0. The molecule has 0 N–H and O–H groups in total. The molecule has 0 spiro atoms. The van der Waals surface area contributed by atoms with Crippen LogP contribution in [0.2, 0.25) is 0 Å². The number of hydrogen-bond acceptors (Lipinski definition) is 1. The van der Waals surface area contributed by atoms with Crippen LogP contribution in [0.5, 0.6) is 0 Å². The fourth-order valence-corrected chi connectivity index (χ4v) is 1.25. The standard InChI is InChI=1S/C8H15NO/c1-3-4-5-9-6-7(2)8(9)10/h7H,3-6H2,1-2H3. The Kier molecular flexibility index (Phi) is 2.30. The van der Waals surface area contributed by atoms with Crippen molar-refractivity contribution in [2.45, 2.75) is 26.7 Å². The Balaban J connectivity index is 2.15. The molecule has 1 rings (SSSR count). The summed E-state index contributed by atoms with van der Waals surface area (Å²) in [5, 5.41) is 0. The lowest BCUT2D eigenvalue weighted by molar-refractivity contribution is -0.146. The molecular weight excluding hydrogens is 126 g/mol. The third kappa shape index (κ3) is 1.31. The van der Waals surface area contributed by atoms with Gasteiger partial charge < -0.3 is 4.90 Å². The predicted octanol–water partition coefficient (Wildman–Crippen LogP) is 1.26. The summed E-state index contributed by atoms with van der Waals surface area (Å²) in [4.78, 5) is 12.9. The van der Waals surface area contributed by atoms with Crippen LogP contribution in [-0.2, 0) is 4.79 Å². The fourth-order valence-electron chi connectivity index (χ4n) is 1.25. The first-order valence-electron chi connectivity index (χ1n) is 4.04. The number of amides is 1. The van der Waals surface area contributed by atoms with Crippen LogP contribution in [0.15, 0.2) is 0 Å². The van der Waals surface area contributed by atoms with E-state index in [9.17, 15) is 4.79 Å². The van der Waals surface area contributed by atoms with Crippen LogP contribution in [0, 0.1) is 5.92 Å². The largest absolute Gasteiger partial charge is 0.342 e. The van der Waals surface area contributed by atoms with Gasteiger partial charge in [0.05, 0.1) is 5.92 Å². The fraction of sp³-hybridized carbons (Fsp3) is 0.875. The maximum absolute atomic E-state index is 11.0. The molecule has 1 heterocycles. The van der Waals surface area contributed by atoms with Crippen LogP contribution in [0.3, 0.4) is 0 Å². The van der Waals surface area contributed by atoms with E-state index in [1.807, 2.05) is 11.8 Å². The lowest BCUT2D eigenvalue weighted by Gasteiger charge is -2.36. The highest BCUT2D eigenvalue weighted by Crippen LogP contribution is 2.16. The molecular formula is C8H15NO. The Morgan fingerprint density at radius 1 is 1.70 bits per heavy atom. The van der Waals surface area contributed by atoms with Gasteiger partial charge in [-0.1, -0.05) is 20.3 Å². The molecule has 0 bridgehead atoms. The van der Waals surface area contributed by atoms with Crippen molar-refractivity contribution < 1.29 is 4.79 Å². The van der Waals surface area contributed by atoms with Crippen molar-refractivity contribution in [2.75, 3.05) is 13.1 Å². The first kappa shape index (κ1) is 7.58. The highest BCUT2D eigenvalue weighted by molar-refractivity contribution is 5.84. The molecule has 1 aliphatic heterocycles. The van der Waals surface area contributed by atoms with E-state index in [1.54, 1.807) is 0 Å². The van der Waals surface area contributed by atoms with Crippen LogP contribution in [0.25, 0.3) is 0 Å². The van der Waals surface area contributed by atoms with E-state index >= 15 is 0 Å². The number of likely N-dealkylation sites (tertiary alicyclic amines) is 1. The quantitative estimate of drug-likeness (QED) is 0.542. The molecule has 1 fully saturated rings. The summed E-state index contributed by atoms with van der Waals surface area (Å²) < 4.78 is 0. The average molecular weight is 141 g/mol. The summed E-state index contributed by atoms with van der Waals surface area (Å²) in [5.41, 5.74) is 0. The molecule has 1 unspecified atom stereocenters. The van der Waals surface area contributed by atoms with E-state index in [2.05, 4.69) is 6.92 Å². The normalized spacial score (nSPS) is 24.8. The van der Waals surface area contributed by atoms with Crippen LogP contribution in [-0.4, -0.2) is 23.9 Å². The van der Waals surface area contributed by atoms with Gasteiger partial charge >= 0.3 is 0 Å². The van der Waals surface area contributed by atoms with E-state index in [-0.39, 0.29) is 0 Å². The van der Waals surface area contributed by atoms with Gasteiger partial charge in [0.2, 0.25) is 5.91 Å². The molecule has 1 atom stereocenters. The second-order valence-electron chi connectivity index (χ2n) is 3.04. The smallest absolute Gasteiger partial charge is 0.227 e. The Labute approximate surface area is 62.2 Å². The zero-order valence-corrected chi connectivity index (χ0v) is 6.76. The number of hydrogen-bond donors (Lipinski definition) is 0. The zero-order chi connectivity index (χ0) is 7.56. The van der Waals surface area contributed by atoms with Gasteiger partial charge in [-0.3, -0.25) is 4.79 Å². The molecule has 2 heteroatoms. The first-order chi connectivity index (χ1) is 4.75. The highest BCUT2D eigenvalue weighted by Gasteiger charge is 2.31. The summed E-state index contributed by atoms with van der Waals surface area (Å²) in [7, 11) is 0. The van der Waals surface area contributed by atoms with E-state index in [0.29, 0.717) is 11.8 Å². The maximum atomic E-state index is 11.0. The SMILES string of the molecule is CCCCN1CC(C)C1=O.